The minimum absolute atomic E-state index is 0.628. The smallest absolute Gasteiger partial charge is 0.150 e. The molecule has 0 radical (unpaired) electrons. The maximum atomic E-state index is 5.25. The summed E-state index contributed by atoms with van der Waals surface area (Å²) < 4.78 is 5.25. The first-order valence-electron chi connectivity index (χ1n) is 7.91. The predicted molar refractivity (Wildman–Crippen MR) is 80.2 cm³/mol. The molecule has 3 nitrogen and oxygen atoms in total. The zero-order chi connectivity index (χ0) is 13.9. The third kappa shape index (κ3) is 7.36. The molecule has 1 N–H and O–H groups in total. The summed E-state index contributed by atoms with van der Waals surface area (Å²) in [6.45, 7) is 7.30. The zero-order valence-corrected chi connectivity index (χ0v) is 12.9. The summed E-state index contributed by atoms with van der Waals surface area (Å²) in [6.07, 6.45) is 10.5. The van der Waals surface area contributed by atoms with Gasteiger partial charge in [-0.05, 0) is 19.8 Å². The number of unbranched alkanes of at least 4 members (excludes halogenated alkanes) is 4. The van der Waals surface area contributed by atoms with E-state index < -0.39 is 0 Å². The normalized spacial score (nSPS) is 11.4. The van der Waals surface area contributed by atoms with Crippen molar-refractivity contribution in [3.05, 3.63) is 17.5 Å². The van der Waals surface area contributed by atoms with E-state index in [-0.39, 0.29) is 0 Å². The van der Waals surface area contributed by atoms with Gasteiger partial charge in [0.2, 0.25) is 0 Å². The van der Waals surface area contributed by atoms with Crippen LogP contribution in [0.15, 0.2) is 10.6 Å². The Morgan fingerprint density at radius 1 is 1.11 bits per heavy atom. The molecule has 1 aromatic heterocycles. The second-order valence-electron chi connectivity index (χ2n) is 5.50. The van der Waals surface area contributed by atoms with Crippen molar-refractivity contribution in [3.8, 4) is 0 Å². The molecule has 0 aromatic carbocycles. The van der Waals surface area contributed by atoms with Gasteiger partial charge in [0, 0.05) is 12.1 Å². The lowest BCUT2D eigenvalue weighted by Gasteiger charge is -2.17. The molecular weight excluding hydrogens is 236 g/mol. The highest BCUT2D eigenvalue weighted by Gasteiger charge is 2.09. The Kier molecular flexibility index (Phi) is 8.55. The highest BCUT2D eigenvalue weighted by atomic mass is 16.5. The number of rotatable bonds is 11. The van der Waals surface area contributed by atoms with Crippen molar-refractivity contribution >= 4 is 0 Å². The van der Waals surface area contributed by atoms with Crippen LogP contribution in [0.5, 0.6) is 0 Å². The number of aromatic nitrogens is 1. The minimum atomic E-state index is 0.628. The van der Waals surface area contributed by atoms with Crippen molar-refractivity contribution in [1.82, 2.24) is 10.5 Å². The van der Waals surface area contributed by atoms with Gasteiger partial charge in [-0.3, -0.25) is 0 Å². The summed E-state index contributed by atoms with van der Waals surface area (Å²) in [5.74, 6) is 0.952. The molecule has 3 heteroatoms. The van der Waals surface area contributed by atoms with Crippen LogP contribution in [-0.2, 0) is 6.54 Å². The zero-order valence-electron chi connectivity index (χ0n) is 12.9. The molecule has 1 rings (SSSR count). The SMILES string of the molecule is CCCCCC(CCCCC)NCc1cc(C)no1. The summed E-state index contributed by atoms with van der Waals surface area (Å²) in [7, 11) is 0. The lowest BCUT2D eigenvalue weighted by molar-refractivity contribution is 0.346. The molecule has 1 aromatic rings. The van der Waals surface area contributed by atoms with Crippen molar-refractivity contribution in [2.75, 3.05) is 0 Å². The molecule has 110 valence electrons. The Labute approximate surface area is 118 Å². The second-order valence-corrected chi connectivity index (χ2v) is 5.50. The standard InChI is InChI=1S/C16H30N2O/c1-4-6-8-10-15(11-9-7-5-2)17-13-16-12-14(3)18-19-16/h12,15,17H,4-11,13H2,1-3H3. The number of hydrogen-bond donors (Lipinski definition) is 1. The number of nitrogens with one attached hydrogen (secondary N) is 1. The third-order valence-electron chi connectivity index (χ3n) is 3.55. The van der Waals surface area contributed by atoms with Crippen LogP contribution in [0.25, 0.3) is 0 Å². The largest absolute Gasteiger partial charge is 0.360 e. The van der Waals surface area contributed by atoms with E-state index in [9.17, 15) is 0 Å². The average molecular weight is 266 g/mol. The Balaban J connectivity index is 2.29. The summed E-state index contributed by atoms with van der Waals surface area (Å²) in [5.41, 5.74) is 0.963. The first kappa shape index (κ1) is 16.2. The van der Waals surface area contributed by atoms with Gasteiger partial charge in [0.25, 0.3) is 0 Å². The van der Waals surface area contributed by atoms with E-state index in [0.29, 0.717) is 6.04 Å². The molecular formula is C16H30N2O. The number of hydrogen-bond acceptors (Lipinski definition) is 3. The van der Waals surface area contributed by atoms with Crippen molar-refractivity contribution < 1.29 is 4.52 Å². The van der Waals surface area contributed by atoms with Crippen molar-refractivity contribution in [1.29, 1.82) is 0 Å². The molecule has 0 aliphatic carbocycles. The van der Waals surface area contributed by atoms with E-state index in [0.717, 1.165) is 18.0 Å². The molecule has 0 unspecified atom stereocenters. The second kappa shape index (κ2) is 10.0. The molecule has 0 saturated carbocycles. The maximum absolute atomic E-state index is 5.25. The third-order valence-corrected chi connectivity index (χ3v) is 3.55. The predicted octanol–water partition coefficient (Wildman–Crippen LogP) is 4.60. The number of aryl methyl sites for hydroxylation is 1. The van der Waals surface area contributed by atoms with Gasteiger partial charge in [-0.15, -0.1) is 0 Å². The fourth-order valence-corrected chi connectivity index (χ4v) is 2.37. The van der Waals surface area contributed by atoms with Gasteiger partial charge >= 0.3 is 0 Å². The first-order valence-corrected chi connectivity index (χ1v) is 7.91. The van der Waals surface area contributed by atoms with Crippen LogP contribution < -0.4 is 5.32 Å². The molecule has 0 atom stereocenters. The maximum Gasteiger partial charge on any atom is 0.150 e. The Morgan fingerprint density at radius 3 is 2.21 bits per heavy atom. The van der Waals surface area contributed by atoms with Crippen LogP contribution >= 0.6 is 0 Å². The van der Waals surface area contributed by atoms with E-state index in [4.69, 9.17) is 4.52 Å². The van der Waals surface area contributed by atoms with Gasteiger partial charge < -0.3 is 9.84 Å². The molecule has 0 bridgehead atoms. The van der Waals surface area contributed by atoms with Crippen LogP contribution in [0.1, 0.15) is 76.7 Å². The molecule has 0 saturated heterocycles. The fourth-order valence-electron chi connectivity index (χ4n) is 2.37. The van der Waals surface area contributed by atoms with E-state index in [1.165, 1.54) is 51.4 Å². The van der Waals surface area contributed by atoms with E-state index in [2.05, 4.69) is 24.3 Å². The van der Waals surface area contributed by atoms with Gasteiger partial charge in [-0.2, -0.15) is 0 Å². The molecule has 0 amide bonds. The van der Waals surface area contributed by atoms with Gasteiger partial charge in [0.05, 0.1) is 12.2 Å². The lowest BCUT2D eigenvalue weighted by Crippen LogP contribution is -2.28. The topological polar surface area (TPSA) is 38.1 Å². The van der Waals surface area contributed by atoms with Gasteiger partial charge in [0.1, 0.15) is 0 Å². The fraction of sp³-hybridized carbons (Fsp3) is 0.812. The van der Waals surface area contributed by atoms with Crippen molar-refractivity contribution in [2.45, 2.75) is 84.7 Å². The van der Waals surface area contributed by atoms with Crippen LogP contribution in [0.4, 0.5) is 0 Å². The quantitative estimate of drug-likeness (QED) is 0.595. The minimum Gasteiger partial charge on any atom is -0.360 e. The Bertz CT molecular complexity index is 312. The summed E-state index contributed by atoms with van der Waals surface area (Å²) in [6, 6.07) is 2.64. The van der Waals surface area contributed by atoms with Gasteiger partial charge in [0.15, 0.2) is 5.76 Å². The van der Waals surface area contributed by atoms with Crippen LogP contribution in [0.2, 0.25) is 0 Å². The van der Waals surface area contributed by atoms with Crippen LogP contribution in [0, 0.1) is 6.92 Å². The summed E-state index contributed by atoms with van der Waals surface area (Å²) in [4.78, 5) is 0. The number of nitrogens with zero attached hydrogens (tertiary/aromatic N) is 1. The van der Waals surface area contributed by atoms with Gasteiger partial charge in [-0.25, -0.2) is 0 Å². The molecule has 0 fully saturated rings. The molecule has 0 spiro atoms. The summed E-state index contributed by atoms with van der Waals surface area (Å²) in [5, 5.41) is 7.56. The monoisotopic (exact) mass is 266 g/mol. The van der Waals surface area contributed by atoms with Gasteiger partial charge in [-0.1, -0.05) is 57.5 Å². The first-order chi connectivity index (χ1) is 9.26. The molecule has 0 aliphatic heterocycles. The summed E-state index contributed by atoms with van der Waals surface area (Å²) >= 11 is 0. The molecule has 0 aliphatic rings. The molecule has 1 heterocycles. The van der Waals surface area contributed by atoms with Crippen molar-refractivity contribution in [3.63, 3.8) is 0 Å². The van der Waals surface area contributed by atoms with E-state index >= 15 is 0 Å². The molecule has 19 heavy (non-hydrogen) atoms. The van der Waals surface area contributed by atoms with Crippen LogP contribution in [-0.4, -0.2) is 11.2 Å². The highest BCUT2D eigenvalue weighted by Crippen LogP contribution is 2.12. The highest BCUT2D eigenvalue weighted by molar-refractivity contribution is 5.02. The van der Waals surface area contributed by atoms with E-state index in [1.807, 2.05) is 13.0 Å². The van der Waals surface area contributed by atoms with Crippen molar-refractivity contribution in [2.24, 2.45) is 0 Å². The van der Waals surface area contributed by atoms with E-state index in [1.54, 1.807) is 0 Å². The Hall–Kier alpha value is -0.830. The van der Waals surface area contributed by atoms with Crippen LogP contribution in [0.3, 0.4) is 0 Å². The average Bonchev–Trinajstić information content (AvgIpc) is 2.81. The Morgan fingerprint density at radius 2 is 1.74 bits per heavy atom. The lowest BCUT2D eigenvalue weighted by atomic mass is 10.0.